The summed E-state index contributed by atoms with van der Waals surface area (Å²) in [5.41, 5.74) is 9.40. The van der Waals surface area contributed by atoms with Crippen LogP contribution in [-0.2, 0) is 11.8 Å². The van der Waals surface area contributed by atoms with Gasteiger partial charge in [0.2, 0.25) is 0 Å². The van der Waals surface area contributed by atoms with E-state index in [1.807, 2.05) is 40.4 Å². The summed E-state index contributed by atoms with van der Waals surface area (Å²) in [6.07, 6.45) is 5.35. The van der Waals surface area contributed by atoms with Crippen molar-refractivity contribution in [3.05, 3.63) is 41.7 Å². The number of nitrogens with one attached hydrogen (secondary N) is 1. The predicted molar refractivity (Wildman–Crippen MR) is 111 cm³/mol. The van der Waals surface area contributed by atoms with Crippen LogP contribution in [0.4, 0.5) is 5.82 Å². The molecule has 1 fully saturated rings. The Kier molecular flexibility index (Phi) is 5.10. The quantitative estimate of drug-likeness (QED) is 0.476. The van der Waals surface area contributed by atoms with Crippen molar-refractivity contribution in [2.24, 2.45) is 13.0 Å². The van der Waals surface area contributed by atoms with Gasteiger partial charge < -0.3 is 20.0 Å². The van der Waals surface area contributed by atoms with E-state index in [0.717, 1.165) is 40.9 Å². The van der Waals surface area contributed by atoms with Crippen LogP contribution < -0.4 is 5.73 Å². The molecule has 1 aliphatic heterocycles. The first-order chi connectivity index (χ1) is 13.5. The number of ether oxygens (including phenoxy) is 1. The Hall–Kier alpha value is -2.78. The van der Waals surface area contributed by atoms with Crippen LogP contribution in [0.1, 0.15) is 26.0 Å². The van der Waals surface area contributed by atoms with Crippen molar-refractivity contribution >= 4 is 40.2 Å². The van der Waals surface area contributed by atoms with Crippen LogP contribution in [-0.4, -0.2) is 35.7 Å². The van der Waals surface area contributed by atoms with Gasteiger partial charge in [0.1, 0.15) is 18.1 Å². The molecule has 9 heteroatoms. The lowest BCUT2D eigenvalue weighted by molar-refractivity contribution is -0.0527. The smallest absolute Gasteiger partial charge is 0.177 e. The molecule has 1 aliphatic rings. The zero-order valence-corrected chi connectivity index (χ0v) is 16.7. The maximum atomic E-state index is 5.80. The third kappa shape index (κ3) is 3.50. The number of benzene rings is 1. The molecule has 8 nitrogen and oxygen atoms in total. The van der Waals surface area contributed by atoms with Crippen LogP contribution >= 0.6 is 12.2 Å². The van der Waals surface area contributed by atoms with E-state index >= 15 is 0 Å². The van der Waals surface area contributed by atoms with Gasteiger partial charge in [0, 0.05) is 7.05 Å². The SMILES string of the molecule is CC1CCC(n2cnc3c(N)ncnc32)OC1.Cn1c(=S)[nH]c2ccccc21. The fraction of sp³-hybridized carbons (Fsp3) is 0.368. The van der Waals surface area contributed by atoms with E-state index in [4.69, 9.17) is 22.7 Å². The van der Waals surface area contributed by atoms with Crippen LogP contribution in [0.25, 0.3) is 22.2 Å². The fourth-order valence-electron chi connectivity index (χ4n) is 3.35. The molecule has 4 aromatic rings. The van der Waals surface area contributed by atoms with Gasteiger partial charge >= 0.3 is 0 Å². The zero-order valence-electron chi connectivity index (χ0n) is 15.9. The second-order valence-corrected chi connectivity index (χ2v) is 7.45. The number of nitrogen functional groups attached to an aromatic ring is 1. The number of fused-ring (bicyclic) bond motifs is 2. The number of hydrogen-bond donors (Lipinski definition) is 2. The molecule has 0 amide bonds. The number of aromatic nitrogens is 6. The summed E-state index contributed by atoms with van der Waals surface area (Å²) in [5.74, 6) is 1.04. The van der Waals surface area contributed by atoms with Crippen molar-refractivity contribution < 1.29 is 4.74 Å². The van der Waals surface area contributed by atoms with Gasteiger partial charge in [0.25, 0.3) is 0 Å². The standard InChI is InChI=1S/C11H15N5O.C8H8N2S/c1-7-2-3-8(17-4-7)16-6-15-9-10(12)13-5-14-11(9)16;1-10-7-5-3-2-4-6(7)9-8(10)11/h5-8H,2-4H2,1H3,(H2,12,13,14);2-5H,1H3,(H,9,11). The number of anilines is 1. The van der Waals surface area contributed by atoms with Crippen molar-refractivity contribution in [1.29, 1.82) is 0 Å². The molecule has 2 unspecified atom stereocenters. The largest absolute Gasteiger partial charge is 0.382 e. The van der Waals surface area contributed by atoms with Gasteiger partial charge in [-0.1, -0.05) is 19.1 Å². The fourth-order valence-corrected chi connectivity index (χ4v) is 3.56. The molecule has 4 heterocycles. The second-order valence-electron chi connectivity index (χ2n) is 7.06. The number of aromatic amines is 1. The first kappa shape index (κ1) is 18.6. The molecular formula is C19H23N7OS. The van der Waals surface area contributed by atoms with E-state index in [0.29, 0.717) is 17.3 Å². The molecule has 0 bridgehead atoms. The molecule has 0 aliphatic carbocycles. The van der Waals surface area contributed by atoms with Crippen molar-refractivity contribution in [3.8, 4) is 0 Å². The van der Waals surface area contributed by atoms with Crippen molar-refractivity contribution in [2.75, 3.05) is 12.3 Å². The lowest BCUT2D eigenvalue weighted by atomic mass is 10.0. The number of imidazole rings is 2. The summed E-state index contributed by atoms with van der Waals surface area (Å²) in [5, 5.41) is 0. The van der Waals surface area contributed by atoms with Gasteiger partial charge in [-0.2, -0.15) is 0 Å². The van der Waals surface area contributed by atoms with E-state index in [1.165, 1.54) is 6.33 Å². The van der Waals surface area contributed by atoms with Gasteiger partial charge in [-0.15, -0.1) is 0 Å². The highest BCUT2D eigenvalue weighted by Gasteiger charge is 2.22. The molecule has 0 saturated carbocycles. The Bertz CT molecular complexity index is 1150. The van der Waals surface area contributed by atoms with E-state index in [1.54, 1.807) is 6.33 Å². The first-order valence-corrected chi connectivity index (χ1v) is 9.63. The average Bonchev–Trinajstić information content (AvgIpc) is 3.26. The second kappa shape index (κ2) is 7.69. The number of aryl methyl sites for hydroxylation is 1. The molecule has 0 spiro atoms. The van der Waals surface area contributed by atoms with Crippen LogP contribution in [0.3, 0.4) is 0 Å². The van der Waals surface area contributed by atoms with Crippen LogP contribution in [0, 0.1) is 10.7 Å². The van der Waals surface area contributed by atoms with Gasteiger partial charge in [-0.25, -0.2) is 15.0 Å². The van der Waals surface area contributed by atoms with Crippen molar-refractivity contribution in [1.82, 2.24) is 29.1 Å². The molecule has 5 rings (SSSR count). The third-order valence-corrected chi connectivity index (χ3v) is 5.36. The van der Waals surface area contributed by atoms with Gasteiger partial charge in [0.15, 0.2) is 16.2 Å². The molecule has 3 aromatic heterocycles. The van der Waals surface area contributed by atoms with Crippen molar-refractivity contribution in [3.63, 3.8) is 0 Å². The van der Waals surface area contributed by atoms with E-state index in [2.05, 4.69) is 26.9 Å². The van der Waals surface area contributed by atoms with Crippen LogP contribution in [0.15, 0.2) is 36.9 Å². The summed E-state index contributed by atoms with van der Waals surface area (Å²) in [6, 6.07) is 8.06. The number of nitrogens with two attached hydrogens (primary N) is 1. The summed E-state index contributed by atoms with van der Waals surface area (Å²) in [6.45, 7) is 2.98. The molecule has 28 heavy (non-hydrogen) atoms. The molecule has 2 atom stereocenters. The molecule has 146 valence electrons. The zero-order chi connectivity index (χ0) is 19.7. The van der Waals surface area contributed by atoms with E-state index in [-0.39, 0.29) is 6.23 Å². The van der Waals surface area contributed by atoms with Crippen LogP contribution in [0.5, 0.6) is 0 Å². The van der Waals surface area contributed by atoms with Gasteiger partial charge in [0.05, 0.1) is 24.0 Å². The van der Waals surface area contributed by atoms with Crippen molar-refractivity contribution in [2.45, 2.75) is 26.0 Å². The lowest BCUT2D eigenvalue weighted by Gasteiger charge is -2.27. The first-order valence-electron chi connectivity index (χ1n) is 9.23. The minimum Gasteiger partial charge on any atom is -0.382 e. The Morgan fingerprint density at radius 1 is 1.21 bits per heavy atom. The van der Waals surface area contributed by atoms with Gasteiger partial charge in [-0.05, 0) is 43.1 Å². The normalized spacial score (nSPS) is 19.5. The maximum Gasteiger partial charge on any atom is 0.177 e. The van der Waals surface area contributed by atoms with Gasteiger partial charge in [-0.3, -0.25) is 4.57 Å². The number of rotatable bonds is 1. The molecule has 1 saturated heterocycles. The van der Waals surface area contributed by atoms with Crippen LogP contribution in [0.2, 0.25) is 0 Å². The Morgan fingerprint density at radius 2 is 2.04 bits per heavy atom. The molecular weight excluding hydrogens is 374 g/mol. The monoisotopic (exact) mass is 397 g/mol. The molecule has 1 aromatic carbocycles. The highest BCUT2D eigenvalue weighted by molar-refractivity contribution is 7.71. The average molecular weight is 398 g/mol. The lowest BCUT2D eigenvalue weighted by Crippen LogP contribution is -2.22. The highest BCUT2D eigenvalue weighted by atomic mass is 32.1. The Balaban J connectivity index is 0.000000151. The van der Waals surface area contributed by atoms with E-state index in [9.17, 15) is 0 Å². The summed E-state index contributed by atoms with van der Waals surface area (Å²) >= 11 is 5.06. The topological polar surface area (TPSA) is 99.6 Å². The maximum absolute atomic E-state index is 5.80. The summed E-state index contributed by atoms with van der Waals surface area (Å²) < 4.78 is 10.5. The highest BCUT2D eigenvalue weighted by Crippen LogP contribution is 2.28. The Morgan fingerprint density at radius 3 is 2.79 bits per heavy atom. The number of hydrogen-bond acceptors (Lipinski definition) is 6. The number of nitrogens with zero attached hydrogens (tertiary/aromatic N) is 5. The molecule has 0 radical (unpaired) electrons. The predicted octanol–water partition coefficient (Wildman–Crippen LogP) is 3.59. The number of H-pyrrole nitrogens is 1. The minimum atomic E-state index is 0.0190. The molecule has 3 N–H and O–H groups in total. The number of para-hydroxylation sites is 2. The van der Waals surface area contributed by atoms with E-state index < -0.39 is 0 Å². The summed E-state index contributed by atoms with van der Waals surface area (Å²) in [7, 11) is 1.96. The third-order valence-electron chi connectivity index (χ3n) is 4.99. The minimum absolute atomic E-state index is 0.0190. The summed E-state index contributed by atoms with van der Waals surface area (Å²) in [4.78, 5) is 15.5. The Labute approximate surface area is 167 Å².